The Morgan fingerprint density at radius 2 is 1.14 bits per heavy atom. The molecule has 0 unspecified atom stereocenters. The van der Waals surface area contributed by atoms with Gasteiger partial charge in [-0.3, -0.25) is 19.2 Å². The lowest BCUT2D eigenvalue weighted by Crippen LogP contribution is -2.34. The molecule has 0 radical (unpaired) electrons. The van der Waals surface area contributed by atoms with Crippen molar-refractivity contribution >= 4 is 57.8 Å². The summed E-state index contributed by atoms with van der Waals surface area (Å²) in [4.78, 5) is 72.4. The maximum Gasteiger partial charge on any atom is 0.371 e. The first-order valence-electron chi connectivity index (χ1n) is 10.9. The smallest absolute Gasteiger partial charge is 0.371 e. The molecule has 0 saturated carbocycles. The Hall–Kier alpha value is -2.28. The molecule has 0 spiro atoms. The fraction of sp³-hybridized carbons (Fsp3) is 0.739. The Labute approximate surface area is 220 Å². The van der Waals surface area contributed by atoms with Crippen molar-refractivity contribution < 1.29 is 52.5 Å². The number of rotatable bonds is 11. The molecule has 0 aromatic heterocycles. The second kappa shape index (κ2) is 14.5. The standard InChI is InChI=1S/C23H36O11S2/c1-21(2,3)17(26)31-12-33-19(28)35-11-14(16(25)30-9)10-15(24)23(7,8)36-20(29)34-13-32-18(27)22(4,5)6/h14H,10-13H2,1-9H3/t14-/m0/s1. The van der Waals surface area contributed by atoms with Crippen LogP contribution in [0, 0.1) is 16.7 Å². The van der Waals surface area contributed by atoms with Crippen molar-refractivity contribution in [2.45, 2.75) is 66.6 Å². The van der Waals surface area contributed by atoms with E-state index in [0.29, 0.717) is 23.5 Å². The third-order valence-corrected chi connectivity index (χ3v) is 6.28. The number of carbonyl (C=O) groups is 6. The summed E-state index contributed by atoms with van der Waals surface area (Å²) >= 11 is 1.19. The van der Waals surface area contributed by atoms with Gasteiger partial charge in [0.1, 0.15) is 5.78 Å². The molecule has 0 aromatic carbocycles. The number of thioether (sulfide) groups is 2. The first-order valence-corrected chi connectivity index (χ1v) is 12.7. The van der Waals surface area contributed by atoms with Gasteiger partial charge in [0.25, 0.3) is 0 Å². The van der Waals surface area contributed by atoms with Gasteiger partial charge in [0.2, 0.25) is 13.6 Å². The van der Waals surface area contributed by atoms with Crippen LogP contribution in [0.4, 0.5) is 9.59 Å². The van der Waals surface area contributed by atoms with Crippen molar-refractivity contribution in [3.8, 4) is 0 Å². The fourth-order valence-electron chi connectivity index (χ4n) is 2.05. The molecule has 13 heteroatoms. The van der Waals surface area contributed by atoms with Gasteiger partial charge in [-0.05, 0) is 78.9 Å². The quantitative estimate of drug-likeness (QED) is 0.203. The van der Waals surface area contributed by atoms with Crippen LogP contribution >= 0.6 is 23.5 Å². The lowest BCUT2D eigenvalue weighted by molar-refractivity contribution is -0.161. The van der Waals surface area contributed by atoms with Crippen LogP contribution in [0.25, 0.3) is 0 Å². The van der Waals surface area contributed by atoms with Crippen LogP contribution in [0.3, 0.4) is 0 Å². The second-order valence-electron chi connectivity index (χ2n) is 10.2. The predicted octanol–water partition coefficient (Wildman–Crippen LogP) is 4.35. The Kier molecular flexibility index (Phi) is 13.5. The molecule has 0 fully saturated rings. The van der Waals surface area contributed by atoms with Crippen LogP contribution in [0.2, 0.25) is 0 Å². The summed E-state index contributed by atoms with van der Waals surface area (Å²) in [6.07, 6.45) is -0.321. The number of ketones is 1. The molecule has 0 bridgehead atoms. The highest BCUT2D eigenvalue weighted by Gasteiger charge is 2.36. The molecule has 0 aliphatic carbocycles. The van der Waals surface area contributed by atoms with Gasteiger partial charge in [0, 0.05) is 12.2 Å². The van der Waals surface area contributed by atoms with Crippen molar-refractivity contribution in [3.05, 3.63) is 0 Å². The minimum absolute atomic E-state index is 0.140. The minimum atomic E-state index is -1.29. The molecule has 1 atom stereocenters. The second-order valence-corrected chi connectivity index (χ2v) is 12.7. The van der Waals surface area contributed by atoms with Gasteiger partial charge in [-0.15, -0.1) is 0 Å². The summed E-state index contributed by atoms with van der Waals surface area (Å²) in [5, 5.41) is -1.65. The summed E-state index contributed by atoms with van der Waals surface area (Å²) in [6.45, 7) is 11.6. The van der Waals surface area contributed by atoms with E-state index < -0.39 is 69.4 Å². The molecule has 0 N–H and O–H groups in total. The van der Waals surface area contributed by atoms with E-state index in [9.17, 15) is 28.8 Å². The number of esters is 3. The average molecular weight is 553 g/mol. The van der Waals surface area contributed by atoms with Crippen LogP contribution in [0.5, 0.6) is 0 Å². The van der Waals surface area contributed by atoms with E-state index in [1.807, 2.05) is 0 Å². The molecule has 206 valence electrons. The maximum absolute atomic E-state index is 12.8. The van der Waals surface area contributed by atoms with Crippen molar-refractivity contribution in [1.29, 1.82) is 0 Å². The SMILES string of the molecule is COC(=O)[C@H](CSC(=O)OCOC(=O)C(C)(C)C)CC(=O)C(C)(C)SC(=O)OCOC(=O)C(C)(C)C. The van der Waals surface area contributed by atoms with Crippen molar-refractivity contribution in [2.75, 3.05) is 26.4 Å². The molecular formula is C23H36O11S2. The number of hydrogen-bond acceptors (Lipinski definition) is 13. The van der Waals surface area contributed by atoms with Crippen LogP contribution < -0.4 is 0 Å². The van der Waals surface area contributed by atoms with Crippen molar-refractivity contribution in [2.24, 2.45) is 16.7 Å². The Bertz CT molecular complexity index is 823. The predicted molar refractivity (Wildman–Crippen MR) is 133 cm³/mol. The Morgan fingerprint density at radius 1 is 0.694 bits per heavy atom. The van der Waals surface area contributed by atoms with E-state index in [0.717, 1.165) is 7.11 Å². The highest BCUT2D eigenvalue weighted by Crippen LogP contribution is 2.31. The van der Waals surface area contributed by atoms with E-state index in [1.54, 1.807) is 41.5 Å². The first-order chi connectivity index (χ1) is 16.3. The molecule has 0 amide bonds. The van der Waals surface area contributed by atoms with Gasteiger partial charge in [-0.1, -0.05) is 0 Å². The van der Waals surface area contributed by atoms with Gasteiger partial charge < -0.3 is 23.7 Å². The molecule has 0 aliphatic rings. The monoisotopic (exact) mass is 552 g/mol. The average Bonchev–Trinajstić information content (AvgIpc) is 2.73. The lowest BCUT2D eigenvalue weighted by atomic mass is 9.97. The van der Waals surface area contributed by atoms with Gasteiger partial charge in [-0.2, -0.15) is 0 Å². The van der Waals surface area contributed by atoms with Crippen LogP contribution in [-0.2, 0) is 42.9 Å². The van der Waals surface area contributed by atoms with Crippen LogP contribution in [-0.4, -0.2) is 65.5 Å². The molecule has 11 nitrogen and oxygen atoms in total. The highest BCUT2D eigenvalue weighted by molar-refractivity contribution is 8.15. The lowest BCUT2D eigenvalue weighted by Gasteiger charge is -2.23. The molecule has 0 rings (SSSR count). The number of carbonyl (C=O) groups excluding carboxylic acids is 6. The first kappa shape index (κ1) is 33.7. The van der Waals surface area contributed by atoms with Gasteiger partial charge >= 0.3 is 28.5 Å². The van der Waals surface area contributed by atoms with E-state index in [-0.39, 0.29) is 12.2 Å². The molecule has 0 saturated heterocycles. The molecule has 0 heterocycles. The summed E-state index contributed by atoms with van der Waals surface area (Å²) in [6, 6.07) is 0. The molecule has 0 aromatic rings. The zero-order chi connectivity index (χ0) is 28.3. The summed E-state index contributed by atoms with van der Waals surface area (Å²) in [5.74, 6) is -3.44. The third kappa shape index (κ3) is 13.1. The zero-order valence-corrected chi connectivity index (χ0v) is 23.8. The Morgan fingerprint density at radius 3 is 1.56 bits per heavy atom. The Balaban J connectivity index is 4.80. The number of methoxy groups -OCH3 is 1. The largest absolute Gasteiger partial charge is 0.469 e. The zero-order valence-electron chi connectivity index (χ0n) is 22.2. The third-order valence-electron chi connectivity index (χ3n) is 4.34. The normalized spacial score (nSPS) is 12.7. The van der Waals surface area contributed by atoms with Crippen molar-refractivity contribution in [1.82, 2.24) is 0 Å². The van der Waals surface area contributed by atoms with Gasteiger partial charge in [0.05, 0.1) is 28.6 Å². The van der Waals surface area contributed by atoms with Crippen molar-refractivity contribution in [3.63, 3.8) is 0 Å². The van der Waals surface area contributed by atoms with Gasteiger partial charge in [0.15, 0.2) is 0 Å². The van der Waals surface area contributed by atoms with E-state index >= 15 is 0 Å². The molecule has 36 heavy (non-hydrogen) atoms. The molecular weight excluding hydrogens is 516 g/mol. The maximum atomic E-state index is 12.8. The minimum Gasteiger partial charge on any atom is -0.469 e. The van der Waals surface area contributed by atoms with Crippen LogP contribution in [0.1, 0.15) is 61.8 Å². The van der Waals surface area contributed by atoms with Gasteiger partial charge in [-0.25, -0.2) is 9.59 Å². The number of ether oxygens (including phenoxy) is 5. The molecule has 0 aliphatic heterocycles. The fourth-order valence-corrected chi connectivity index (χ4v) is 3.49. The van der Waals surface area contributed by atoms with Crippen LogP contribution in [0.15, 0.2) is 0 Å². The number of hydrogen-bond donors (Lipinski definition) is 0. The van der Waals surface area contributed by atoms with E-state index in [4.69, 9.17) is 23.7 Å². The number of Topliss-reactive ketones (excluding diaryl/α,β-unsaturated/α-hetero) is 1. The summed E-state index contributed by atoms with van der Waals surface area (Å²) in [7, 11) is 1.14. The van der Waals surface area contributed by atoms with E-state index in [1.165, 1.54) is 13.8 Å². The van der Waals surface area contributed by atoms with E-state index in [2.05, 4.69) is 0 Å². The highest BCUT2D eigenvalue weighted by atomic mass is 32.2. The summed E-state index contributed by atoms with van der Waals surface area (Å²) in [5.41, 5.74) is -1.52. The summed E-state index contributed by atoms with van der Waals surface area (Å²) < 4.78 is 22.8. The topological polar surface area (TPSA) is 149 Å².